The predicted octanol–water partition coefficient (Wildman–Crippen LogP) is 4.55. The van der Waals surface area contributed by atoms with Crippen LogP contribution in [0.3, 0.4) is 0 Å². The molecule has 1 saturated carbocycles. The minimum Gasteiger partial charge on any atom is -0.493 e. The molecule has 1 saturated heterocycles. The average molecular weight is 465 g/mol. The third kappa shape index (κ3) is 6.37. The molecule has 0 bridgehead atoms. The van der Waals surface area contributed by atoms with Gasteiger partial charge in [0.05, 0.1) is 12.5 Å². The van der Waals surface area contributed by atoms with Gasteiger partial charge in [0.1, 0.15) is 5.75 Å². The molecule has 4 rings (SSSR count). The lowest BCUT2D eigenvalue weighted by Crippen LogP contribution is -2.33. The number of nitrogens with zero attached hydrogens (tertiary/aromatic N) is 2. The van der Waals surface area contributed by atoms with Crippen LogP contribution in [0.2, 0.25) is 0 Å². The highest BCUT2D eigenvalue weighted by Crippen LogP contribution is 2.36. The number of benzene rings is 1. The van der Waals surface area contributed by atoms with Crippen molar-refractivity contribution in [1.29, 1.82) is 0 Å². The Labute approximate surface area is 202 Å². The third-order valence-corrected chi connectivity index (χ3v) is 7.43. The molecule has 6 nitrogen and oxygen atoms in total. The molecule has 2 heterocycles. The molecular formula is C28H36N2O4. The lowest BCUT2D eigenvalue weighted by molar-refractivity contribution is -0.145. The summed E-state index contributed by atoms with van der Waals surface area (Å²) in [5, 5.41) is 9.74. The summed E-state index contributed by atoms with van der Waals surface area (Å²) < 4.78 is 5.84. The van der Waals surface area contributed by atoms with Gasteiger partial charge in [0.25, 0.3) is 0 Å². The van der Waals surface area contributed by atoms with Crippen molar-refractivity contribution in [2.45, 2.75) is 58.3 Å². The first-order valence-electron chi connectivity index (χ1n) is 12.7. The number of fused-ring (bicyclic) bond motifs is 1. The van der Waals surface area contributed by atoms with Gasteiger partial charge in [0, 0.05) is 37.8 Å². The van der Waals surface area contributed by atoms with Crippen LogP contribution >= 0.6 is 0 Å². The van der Waals surface area contributed by atoms with Crippen LogP contribution in [-0.2, 0) is 28.9 Å². The molecule has 182 valence electrons. The highest BCUT2D eigenvalue weighted by atomic mass is 16.5. The van der Waals surface area contributed by atoms with E-state index in [0.29, 0.717) is 24.9 Å². The van der Waals surface area contributed by atoms with Gasteiger partial charge in [-0.1, -0.05) is 38.0 Å². The SMILES string of the molecule is CCc1ccc(CCOc2ccc(C[C@@H](CC(=O)N3C[C@H]4CCCC[C@H]4C3)C(=O)O)cc2)nc1. The fourth-order valence-corrected chi connectivity index (χ4v) is 5.29. The maximum absolute atomic E-state index is 12.9. The number of amides is 1. The van der Waals surface area contributed by atoms with Crippen molar-refractivity contribution in [2.24, 2.45) is 17.8 Å². The number of carboxylic acid groups (broad SMARTS) is 1. The quantitative estimate of drug-likeness (QED) is 0.558. The Bertz CT molecular complexity index is 943. The van der Waals surface area contributed by atoms with Crippen LogP contribution in [0.5, 0.6) is 5.75 Å². The minimum absolute atomic E-state index is 0.0117. The number of hydrogen-bond acceptors (Lipinski definition) is 4. The Hall–Kier alpha value is -2.89. The second-order valence-corrected chi connectivity index (χ2v) is 9.80. The number of rotatable bonds is 10. The maximum Gasteiger partial charge on any atom is 0.307 e. The summed E-state index contributed by atoms with van der Waals surface area (Å²) >= 11 is 0. The van der Waals surface area contributed by atoms with Gasteiger partial charge in [-0.2, -0.15) is 0 Å². The van der Waals surface area contributed by atoms with Crippen LogP contribution in [0, 0.1) is 17.8 Å². The van der Waals surface area contributed by atoms with Gasteiger partial charge in [-0.05, 0) is 66.8 Å². The number of aliphatic carboxylic acids is 1. The number of aromatic nitrogens is 1. The van der Waals surface area contributed by atoms with E-state index in [1.165, 1.54) is 31.2 Å². The number of aryl methyl sites for hydroxylation is 1. The van der Waals surface area contributed by atoms with E-state index in [0.717, 1.165) is 42.9 Å². The summed E-state index contributed by atoms with van der Waals surface area (Å²) in [5.41, 5.74) is 3.12. The van der Waals surface area contributed by atoms with Crippen LogP contribution in [-0.4, -0.2) is 46.6 Å². The van der Waals surface area contributed by atoms with Crippen molar-refractivity contribution >= 4 is 11.9 Å². The summed E-state index contributed by atoms with van der Waals surface area (Å²) in [7, 11) is 0. The molecule has 6 heteroatoms. The Balaban J connectivity index is 1.25. The molecule has 3 atom stereocenters. The van der Waals surface area contributed by atoms with Gasteiger partial charge in [0.15, 0.2) is 0 Å². The van der Waals surface area contributed by atoms with Crippen LogP contribution in [0.1, 0.15) is 55.8 Å². The fourth-order valence-electron chi connectivity index (χ4n) is 5.29. The summed E-state index contributed by atoms with van der Waals surface area (Å²) in [6.07, 6.45) is 8.93. The third-order valence-electron chi connectivity index (χ3n) is 7.43. The van der Waals surface area contributed by atoms with Crippen molar-refractivity contribution < 1.29 is 19.4 Å². The van der Waals surface area contributed by atoms with E-state index in [9.17, 15) is 14.7 Å². The molecule has 1 aliphatic heterocycles. The zero-order chi connectivity index (χ0) is 23.9. The number of likely N-dealkylation sites (tertiary alicyclic amines) is 1. The topological polar surface area (TPSA) is 79.7 Å². The van der Waals surface area contributed by atoms with Crippen molar-refractivity contribution in [3.05, 3.63) is 59.4 Å². The molecule has 1 N–H and O–H groups in total. The number of carbonyl (C=O) groups is 2. The Kier molecular flexibility index (Phi) is 8.20. The Morgan fingerprint density at radius 2 is 1.74 bits per heavy atom. The molecule has 0 radical (unpaired) electrons. The van der Waals surface area contributed by atoms with E-state index in [4.69, 9.17) is 4.74 Å². The lowest BCUT2D eigenvalue weighted by atomic mass is 9.82. The molecule has 1 amide bonds. The van der Waals surface area contributed by atoms with Gasteiger partial charge in [-0.15, -0.1) is 0 Å². The first-order valence-corrected chi connectivity index (χ1v) is 12.7. The molecule has 1 aromatic carbocycles. The van der Waals surface area contributed by atoms with Gasteiger partial charge in [-0.3, -0.25) is 14.6 Å². The summed E-state index contributed by atoms with van der Waals surface area (Å²) in [5.74, 6) is 0.338. The second kappa shape index (κ2) is 11.5. The zero-order valence-corrected chi connectivity index (χ0v) is 20.1. The number of ether oxygens (including phenoxy) is 1. The first-order chi connectivity index (χ1) is 16.5. The normalized spacial score (nSPS) is 20.6. The predicted molar refractivity (Wildman–Crippen MR) is 131 cm³/mol. The Morgan fingerprint density at radius 3 is 2.32 bits per heavy atom. The van der Waals surface area contributed by atoms with Gasteiger partial charge in [0.2, 0.25) is 5.91 Å². The molecule has 0 spiro atoms. The molecule has 2 fully saturated rings. The minimum atomic E-state index is -0.910. The molecule has 2 aliphatic rings. The molecule has 1 aromatic heterocycles. The fraction of sp³-hybridized carbons (Fsp3) is 0.536. The maximum atomic E-state index is 12.9. The van der Waals surface area contributed by atoms with E-state index in [1.807, 2.05) is 41.4 Å². The first kappa shape index (κ1) is 24.2. The molecule has 2 aromatic rings. The van der Waals surface area contributed by atoms with E-state index in [2.05, 4.69) is 18.0 Å². The number of carboxylic acids is 1. The summed E-state index contributed by atoms with van der Waals surface area (Å²) in [6, 6.07) is 11.7. The van der Waals surface area contributed by atoms with Gasteiger partial charge >= 0.3 is 5.97 Å². The number of carbonyl (C=O) groups excluding carboxylic acids is 1. The largest absolute Gasteiger partial charge is 0.493 e. The monoisotopic (exact) mass is 464 g/mol. The zero-order valence-electron chi connectivity index (χ0n) is 20.1. The van der Waals surface area contributed by atoms with Gasteiger partial charge in [-0.25, -0.2) is 0 Å². The smallest absolute Gasteiger partial charge is 0.307 e. The van der Waals surface area contributed by atoms with Crippen molar-refractivity contribution in [3.8, 4) is 5.75 Å². The number of pyridine rings is 1. The second-order valence-electron chi connectivity index (χ2n) is 9.80. The standard InChI is InChI=1S/C28H36N2O4/c1-2-20-7-10-25(29-17-20)13-14-34-26-11-8-21(9-12-26)15-24(28(32)33)16-27(31)30-18-22-5-3-4-6-23(22)19-30/h7-12,17,22-24H,2-6,13-16,18-19H2,1H3,(H,32,33)/t22-,23+,24-/m0/s1. The van der Waals surface area contributed by atoms with Crippen LogP contribution in [0.4, 0.5) is 0 Å². The summed E-state index contributed by atoms with van der Waals surface area (Å²) in [6.45, 7) is 4.25. The van der Waals surface area contributed by atoms with Gasteiger partial charge < -0.3 is 14.7 Å². The molecule has 34 heavy (non-hydrogen) atoms. The molecular weight excluding hydrogens is 428 g/mol. The molecule has 0 unspecified atom stereocenters. The van der Waals surface area contributed by atoms with Crippen LogP contribution in [0.25, 0.3) is 0 Å². The number of hydrogen-bond donors (Lipinski definition) is 1. The van der Waals surface area contributed by atoms with E-state index in [1.54, 1.807) is 0 Å². The van der Waals surface area contributed by atoms with E-state index >= 15 is 0 Å². The molecule has 1 aliphatic carbocycles. The highest BCUT2D eigenvalue weighted by molar-refractivity contribution is 5.82. The van der Waals surface area contributed by atoms with E-state index < -0.39 is 11.9 Å². The van der Waals surface area contributed by atoms with Crippen LogP contribution in [0.15, 0.2) is 42.6 Å². The summed E-state index contributed by atoms with van der Waals surface area (Å²) in [4.78, 5) is 31.1. The van der Waals surface area contributed by atoms with E-state index in [-0.39, 0.29) is 12.3 Å². The van der Waals surface area contributed by atoms with Crippen molar-refractivity contribution in [3.63, 3.8) is 0 Å². The Morgan fingerprint density at radius 1 is 1.06 bits per heavy atom. The lowest BCUT2D eigenvalue weighted by Gasteiger charge is -2.22. The highest BCUT2D eigenvalue weighted by Gasteiger charge is 2.37. The van der Waals surface area contributed by atoms with Crippen molar-refractivity contribution in [2.75, 3.05) is 19.7 Å². The van der Waals surface area contributed by atoms with Crippen LogP contribution < -0.4 is 4.74 Å². The van der Waals surface area contributed by atoms with Crippen molar-refractivity contribution in [1.82, 2.24) is 9.88 Å². The average Bonchev–Trinajstić information content (AvgIpc) is 3.29.